The first kappa shape index (κ1) is 14.3. The molecule has 2 unspecified atom stereocenters. The second-order valence-electron chi connectivity index (χ2n) is 6.56. The van der Waals surface area contributed by atoms with Gasteiger partial charge in [0.1, 0.15) is 0 Å². The summed E-state index contributed by atoms with van der Waals surface area (Å²) in [6.45, 7) is 7.13. The normalized spacial score (nSPS) is 26.0. The summed E-state index contributed by atoms with van der Waals surface area (Å²) in [5, 5.41) is 14.6. The summed E-state index contributed by atoms with van der Waals surface area (Å²) in [5.74, 6) is 0. The lowest BCUT2D eigenvalue weighted by Gasteiger charge is -2.20. The number of nitro benzene ring substituents is 1. The van der Waals surface area contributed by atoms with Crippen molar-refractivity contribution in [1.82, 2.24) is 4.90 Å². The average molecular weight is 289 g/mol. The molecule has 5 heteroatoms. The highest BCUT2D eigenvalue weighted by atomic mass is 16.6. The van der Waals surface area contributed by atoms with E-state index in [9.17, 15) is 10.1 Å². The van der Waals surface area contributed by atoms with Gasteiger partial charge in [-0.15, -0.1) is 0 Å². The van der Waals surface area contributed by atoms with Crippen molar-refractivity contribution in [1.29, 1.82) is 0 Å². The van der Waals surface area contributed by atoms with E-state index >= 15 is 0 Å². The van der Waals surface area contributed by atoms with Gasteiger partial charge in [-0.2, -0.15) is 0 Å². The van der Waals surface area contributed by atoms with E-state index in [0.717, 1.165) is 35.8 Å². The lowest BCUT2D eigenvalue weighted by molar-refractivity contribution is -0.385. The van der Waals surface area contributed by atoms with Crippen LogP contribution in [0.2, 0.25) is 0 Å². The second-order valence-corrected chi connectivity index (χ2v) is 6.56. The smallest absolute Gasteiger partial charge is 0.274 e. The van der Waals surface area contributed by atoms with Crippen LogP contribution in [-0.2, 0) is 0 Å². The van der Waals surface area contributed by atoms with Gasteiger partial charge in [-0.1, -0.05) is 0 Å². The van der Waals surface area contributed by atoms with Gasteiger partial charge in [-0.25, -0.2) is 0 Å². The molecule has 0 radical (unpaired) electrons. The third-order valence-corrected chi connectivity index (χ3v) is 4.74. The Morgan fingerprint density at radius 1 is 1.29 bits per heavy atom. The summed E-state index contributed by atoms with van der Waals surface area (Å²) in [6, 6.07) is 5.37. The zero-order valence-corrected chi connectivity index (χ0v) is 12.9. The minimum atomic E-state index is -0.298. The van der Waals surface area contributed by atoms with Crippen LogP contribution in [0, 0.1) is 24.0 Å². The minimum Gasteiger partial charge on any atom is -0.381 e. The summed E-state index contributed by atoms with van der Waals surface area (Å²) >= 11 is 0. The Bertz CT molecular complexity index is 569. The van der Waals surface area contributed by atoms with Crippen molar-refractivity contribution in [2.24, 2.45) is 0 Å². The Kier molecular flexibility index (Phi) is 3.61. The van der Waals surface area contributed by atoms with E-state index < -0.39 is 0 Å². The van der Waals surface area contributed by atoms with Crippen molar-refractivity contribution >= 4 is 11.4 Å². The van der Waals surface area contributed by atoms with Crippen molar-refractivity contribution in [3.63, 3.8) is 0 Å². The first-order chi connectivity index (χ1) is 9.95. The fraction of sp³-hybridized carbons (Fsp3) is 0.625. The summed E-state index contributed by atoms with van der Waals surface area (Å²) in [6.07, 6.45) is 3.76. The molecule has 1 aromatic carbocycles. The van der Waals surface area contributed by atoms with Gasteiger partial charge >= 0.3 is 0 Å². The van der Waals surface area contributed by atoms with Gasteiger partial charge in [-0.3, -0.25) is 15.0 Å². The Morgan fingerprint density at radius 3 is 2.62 bits per heavy atom. The Morgan fingerprint density at radius 2 is 2.00 bits per heavy atom. The Balaban J connectivity index is 1.75. The van der Waals surface area contributed by atoms with Crippen LogP contribution in [0.4, 0.5) is 11.4 Å². The van der Waals surface area contributed by atoms with Gasteiger partial charge in [0.05, 0.1) is 4.92 Å². The predicted molar refractivity (Wildman–Crippen MR) is 83.8 cm³/mol. The standard InChI is InChI=1S/C16H23N3O2/c1-10-6-11(2)16(19(20)21)8-15(10)17-13-7-12(3)18(9-13)14-4-5-14/h6,8,12-14,17H,4-5,7,9H2,1-3H3. The van der Waals surface area contributed by atoms with Gasteiger partial charge < -0.3 is 5.32 Å². The highest BCUT2D eigenvalue weighted by Gasteiger charge is 2.38. The molecular weight excluding hydrogens is 266 g/mol. The van der Waals surface area contributed by atoms with Crippen LogP contribution in [0.3, 0.4) is 0 Å². The van der Waals surface area contributed by atoms with E-state index in [-0.39, 0.29) is 10.6 Å². The molecular formula is C16H23N3O2. The summed E-state index contributed by atoms with van der Waals surface area (Å²) < 4.78 is 0. The number of nitrogens with one attached hydrogen (secondary N) is 1. The van der Waals surface area contributed by atoms with E-state index in [1.54, 1.807) is 13.0 Å². The molecule has 0 amide bonds. The zero-order chi connectivity index (χ0) is 15.1. The van der Waals surface area contributed by atoms with Crippen LogP contribution in [0.25, 0.3) is 0 Å². The third-order valence-electron chi connectivity index (χ3n) is 4.74. The number of likely N-dealkylation sites (tertiary alicyclic amines) is 1. The van der Waals surface area contributed by atoms with Gasteiger partial charge in [0, 0.05) is 42.0 Å². The molecule has 1 aliphatic heterocycles. The van der Waals surface area contributed by atoms with Crippen LogP contribution in [-0.4, -0.2) is 34.5 Å². The largest absolute Gasteiger partial charge is 0.381 e. The number of anilines is 1. The SMILES string of the molecule is Cc1cc(C)c([N+](=O)[O-])cc1NC1CC(C)N(C2CC2)C1. The van der Waals surface area contributed by atoms with Crippen molar-refractivity contribution in [3.8, 4) is 0 Å². The lowest BCUT2D eigenvalue weighted by atomic mass is 10.1. The van der Waals surface area contributed by atoms with E-state index in [0.29, 0.717) is 12.1 Å². The molecule has 2 fully saturated rings. The Labute approximate surface area is 125 Å². The fourth-order valence-electron chi connectivity index (χ4n) is 3.49. The lowest BCUT2D eigenvalue weighted by Crippen LogP contribution is -2.31. The number of rotatable bonds is 4. The number of hydrogen-bond acceptors (Lipinski definition) is 4. The van der Waals surface area contributed by atoms with Crippen molar-refractivity contribution < 1.29 is 4.92 Å². The van der Waals surface area contributed by atoms with Gasteiger partial charge in [0.25, 0.3) is 5.69 Å². The molecule has 1 saturated carbocycles. The fourth-order valence-corrected chi connectivity index (χ4v) is 3.49. The van der Waals surface area contributed by atoms with Crippen LogP contribution >= 0.6 is 0 Å². The Hall–Kier alpha value is -1.62. The summed E-state index contributed by atoms with van der Waals surface area (Å²) in [4.78, 5) is 13.4. The molecule has 114 valence electrons. The molecule has 1 N–H and O–H groups in total. The van der Waals surface area contributed by atoms with E-state index in [1.807, 2.05) is 13.0 Å². The van der Waals surface area contributed by atoms with E-state index in [4.69, 9.17) is 0 Å². The maximum atomic E-state index is 11.1. The first-order valence-corrected chi connectivity index (χ1v) is 7.73. The van der Waals surface area contributed by atoms with Crippen molar-refractivity contribution in [2.75, 3.05) is 11.9 Å². The van der Waals surface area contributed by atoms with Crippen molar-refractivity contribution in [2.45, 2.75) is 58.2 Å². The number of hydrogen-bond donors (Lipinski definition) is 1. The maximum absolute atomic E-state index is 11.1. The minimum absolute atomic E-state index is 0.202. The number of benzene rings is 1. The molecule has 3 rings (SSSR count). The van der Waals surface area contributed by atoms with Crippen LogP contribution in [0.5, 0.6) is 0 Å². The number of nitrogens with zero attached hydrogens (tertiary/aromatic N) is 2. The van der Waals surface area contributed by atoms with Crippen molar-refractivity contribution in [3.05, 3.63) is 33.4 Å². The highest BCUT2D eigenvalue weighted by molar-refractivity contribution is 5.60. The van der Waals surface area contributed by atoms with E-state index in [1.165, 1.54) is 12.8 Å². The quantitative estimate of drug-likeness (QED) is 0.683. The topological polar surface area (TPSA) is 58.4 Å². The van der Waals surface area contributed by atoms with Gasteiger partial charge in [-0.05, 0) is 51.7 Å². The predicted octanol–water partition coefficient (Wildman–Crippen LogP) is 3.25. The van der Waals surface area contributed by atoms with E-state index in [2.05, 4.69) is 17.1 Å². The summed E-state index contributed by atoms with van der Waals surface area (Å²) in [5.41, 5.74) is 2.91. The second kappa shape index (κ2) is 5.30. The highest BCUT2D eigenvalue weighted by Crippen LogP contribution is 2.35. The maximum Gasteiger partial charge on any atom is 0.274 e. The van der Waals surface area contributed by atoms with Crippen LogP contribution in [0.1, 0.15) is 37.3 Å². The molecule has 1 heterocycles. The molecule has 1 saturated heterocycles. The average Bonchev–Trinajstić information content (AvgIpc) is 3.17. The molecule has 2 aliphatic rings. The molecule has 21 heavy (non-hydrogen) atoms. The molecule has 2 atom stereocenters. The molecule has 0 bridgehead atoms. The number of aryl methyl sites for hydroxylation is 2. The van der Waals surface area contributed by atoms with Gasteiger partial charge in [0.2, 0.25) is 0 Å². The molecule has 5 nitrogen and oxygen atoms in total. The molecule has 1 aromatic rings. The van der Waals surface area contributed by atoms with Gasteiger partial charge in [0.15, 0.2) is 0 Å². The van der Waals surface area contributed by atoms with Crippen LogP contribution in [0.15, 0.2) is 12.1 Å². The first-order valence-electron chi connectivity index (χ1n) is 7.73. The van der Waals surface area contributed by atoms with Crippen LogP contribution < -0.4 is 5.32 Å². The molecule has 0 aromatic heterocycles. The summed E-state index contributed by atoms with van der Waals surface area (Å²) in [7, 11) is 0. The number of nitro groups is 1. The monoisotopic (exact) mass is 289 g/mol. The molecule has 0 spiro atoms. The molecule has 1 aliphatic carbocycles. The third kappa shape index (κ3) is 2.88. The zero-order valence-electron chi connectivity index (χ0n) is 12.9.